The summed E-state index contributed by atoms with van der Waals surface area (Å²) in [4.78, 5) is 16.6. The Labute approximate surface area is 135 Å². The molecule has 4 heteroatoms. The molecule has 0 unspecified atom stereocenters. The molecular weight excluding hydrogens is 286 g/mol. The Balaban J connectivity index is 1.75. The van der Waals surface area contributed by atoms with E-state index in [-0.39, 0.29) is 5.69 Å². The molecule has 2 heterocycles. The smallest absolute Gasteiger partial charge is 0.340 e. The fourth-order valence-electron chi connectivity index (χ4n) is 3.71. The Kier molecular flexibility index (Phi) is 3.52. The molecule has 23 heavy (non-hydrogen) atoms. The maximum absolute atomic E-state index is 12.4. The highest BCUT2D eigenvalue weighted by molar-refractivity contribution is 5.71. The average molecular weight is 307 g/mol. The van der Waals surface area contributed by atoms with E-state index in [4.69, 9.17) is 0 Å². The molecule has 1 aliphatic carbocycles. The SMILES string of the molecule is Cc1cccc(Nc2cc3n(c(=O)n2)CCC2=C3CCCC2)c1. The molecule has 0 bridgehead atoms. The number of allylic oxidation sites excluding steroid dienone is 2. The Hall–Kier alpha value is -2.36. The second-order valence-electron chi connectivity index (χ2n) is 6.49. The van der Waals surface area contributed by atoms with Gasteiger partial charge in [-0.2, -0.15) is 4.98 Å². The number of hydrogen-bond donors (Lipinski definition) is 1. The minimum atomic E-state index is -0.144. The second-order valence-corrected chi connectivity index (χ2v) is 6.49. The maximum Gasteiger partial charge on any atom is 0.349 e. The molecule has 0 saturated heterocycles. The van der Waals surface area contributed by atoms with E-state index in [0.29, 0.717) is 5.82 Å². The summed E-state index contributed by atoms with van der Waals surface area (Å²) in [5.74, 6) is 0.645. The Morgan fingerprint density at radius 3 is 2.87 bits per heavy atom. The van der Waals surface area contributed by atoms with E-state index < -0.39 is 0 Å². The van der Waals surface area contributed by atoms with Crippen LogP contribution in [-0.4, -0.2) is 9.55 Å². The van der Waals surface area contributed by atoms with Crippen LogP contribution in [0.5, 0.6) is 0 Å². The van der Waals surface area contributed by atoms with Crippen molar-refractivity contribution in [3.05, 3.63) is 57.6 Å². The molecule has 2 aromatic rings. The van der Waals surface area contributed by atoms with E-state index >= 15 is 0 Å². The van der Waals surface area contributed by atoms with E-state index in [1.54, 1.807) is 5.57 Å². The maximum atomic E-state index is 12.4. The lowest BCUT2D eigenvalue weighted by Crippen LogP contribution is -2.30. The van der Waals surface area contributed by atoms with Crippen LogP contribution in [0.1, 0.15) is 43.4 Å². The fourth-order valence-corrected chi connectivity index (χ4v) is 3.71. The zero-order valence-electron chi connectivity index (χ0n) is 13.4. The number of benzene rings is 1. The summed E-state index contributed by atoms with van der Waals surface area (Å²) in [6.45, 7) is 2.82. The quantitative estimate of drug-likeness (QED) is 0.911. The van der Waals surface area contributed by atoms with Gasteiger partial charge < -0.3 is 5.32 Å². The van der Waals surface area contributed by atoms with Crippen molar-refractivity contribution >= 4 is 17.1 Å². The third-order valence-electron chi connectivity index (χ3n) is 4.83. The number of rotatable bonds is 2. The highest BCUT2D eigenvalue weighted by atomic mass is 16.1. The predicted molar refractivity (Wildman–Crippen MR) is 93.0 cm³/mol. The van der Waals surface area contributed by atoms with Crippen LogP contribution in [0.25, 0.3) is 5.57 Å². The lowest BCUT2D eigenvalue weighted by atomic mass is 9.86. The molecule has 0 saturated carbocycles. The van der Waals surface area contributed by atoms with Crippen LogP contribution in [-0.2, 0) is 6.54 Å². The summed E-state index contributed by atoms with van der Waals surface area (Å²) in [5.41, 5.74) is 6.01. The number of anilines is 2. The lowest BCUT2D eigenvalue weighted by Gasteiger charge is -2.28. The van der Waals surface area contributed by atoms with Gasteiger partial charge in [-0.05, 0) is 62.3 Å². The summed E-state index contributed by atoms with van der Waals surface area (Å²) in [6.07, 6.45) is 5.78. The third kappa shape index (κ3) is 2.69. The van der Waals surface area contributed by atoms with Gasteiger partial charge in [-0.25, -0.2) is 4.79 Å². The van der Waals surface area contributed by atoms with Crippen LogP contribution in [0.4, 0.5) is 11.5 Å². The number of aromatic nitrogens is 2. The average Bonchev–Trinajstić information content (AvgIpc) is 2.55. The van der Waals surface area contributed by atoms with Gasteiger partial charge in [0, 0.05) is 18.3 Å². The minimum Gasteiger partial charge on any atom is -0.340 e. The van der Waals surface area contributed by atoms with Crippen molar-refractivity contribution in [3.8, 4) is 0 Å². The van der Waals surface area contributed by atoms with Crippen LogP contribution in [0.3, 0.4) is 0 Å². The van der Waals surface area contributed by atoms with Crippen LogP contribution in [0, 0.1) is 6.92 Å². The third-order valence-corrected chi connectivity index (χ3v) is 4.83. The molecule has 4 nitrogen and oxygen atoms in total. The van der Waals surface area contributed by atoms with E-state index in [0.717, 1.165) is 30.8 Å². The van der Waals surface area contributed by atoms with Crippen molar-refractivity contribution in [2.75, 3.05) is 5.32 Å². The first kappa shape index (κ1) is 14.2. The van der Waals surface area contributed by atoms with Crippen LogP contribution >= 0.6 is 0 Å². The molecular formula is C19H21N3O. The fraction of sp³-hybridized carbons (Fsp3) is 0.368. The number of nitrogens with zero attached hydrogens (tertiary/aromatic N) is 2. The van der Waals surface area contributed by atoms with Gasteiger partial charge in [0.2, 0.25) is 0 Å². The number of hydrogen-bond acceptors (Lipinski definition) is 3. The van der Waals surface area contributed by atoms with E-state index in [2.05, 4.69) is 29.4 Å². The highest BCUT2D eigenvalue weighted by Gasteiger charge is 2.23. The summed E-state index contributed by atoms with van der Waals surface area (Å²) in [6, 6.07) is 10.2. The van der Waals surface area contributed by atoms with Crippen LogP contribution in [0.15, 0.2) is 40.7 Å². The molecule has 0 spiro atoms. The van der Waals surface area contributed by atoms with Gasteiger partial charge in [-0.3, -0.25) is 4.57 Å². The topological polar surface area (TPSA) is 46.9 Å². The molecule has 0 fully saturated rings. The second kappa shape index (κ2) is 5.69. The molecule has 1 N–H and O–H groups in total. The first-order valence-corrected chi connectivity index (χ1v) is 8.37. The molecule has 1 aromatic carbocycles. The lowest BCUT2D eigenvalue weighted by molar-refractivity contribution is 0.574. The van der Waals surface area contributed by atoms with Crippen LogP contribution < -0.4 is 11.0 Å². The van der Waals surface area contributed by atoms with E-state index in [9.17, 15) is 4.79 Å². The predicted octanol–water partition coefficient (Wildman–Crippen LogP) is 4.03. The van der Waals surface area contributed by atoms with Crippen molar-refractivity contribution < 1.29 is 0 Å². The van der Waals surface area contributed by atoms with Crippen LogP contribution in [0.2, 0.25) is 0 Å². The number of fused-ring (bicyclic) bond motifs is 2. The van der Waals surface area contributed by atoms with E-state index in [1.807, 2.05) is 22.8 Å². The molecule has 2 aliphatic rings. The Morgan fingerprint density at radius 1 is 1.13 bits per heavy atom. The van der Waals surface area contributed by atoms with Crippen molar-refractivity contribution in [2.45, 2.75) is 45.6 Å². The van der Waals surface area contributed by atoms with Crippen molar-refractivity contribution in [1.29, 1.82) is 0 Å². The zero-order chi connectivity index (χ0) is 15.8. The minimum absolute atomic E-state index is 0.144. The number of aryl methyl sites for hydroxylation is 1. The van der Waals surface area contributed by atoms with E-state index in [1.165, 1.54) is 30.4 Å². The molecule has 1 aliphatic heterocycles. The molecule has 0 radical (unpaired) electrons. The first-order valence-electron chi connectivity index (χ1n) is 8.37. The summed E-state index contributed by atoms with van der Waals surface area (Å²) in [5, 5.41) is 3.28. The van der Waals surface area contributed by atoms with Gasteiger partial charge in [-0.1, -0.05) is 17.7 Å². The Bertz CT molecular complexity index is 848. The summed E-state index contributed by atoms with van der Waals surface area (Å²) in [7, 11) is 0. The molecule has 4 rings (SSSR count). The van der Waals surface area contributed by atoms with Gasteiger partial charge >= 0.3 is 5.69 Å². The van der Waals surface area contributed by atoms with Crippen molar-refractivity contribution in [1.82, 2.24) is 9.55 Å². The first-order chi connectivity index (χ1) is 11.2. The van der Waals surface area contributed by atoms with Gasteiger partial charge in [0.15, 0.2) is 0 Å². The summed E-state index contributed by atoms with van der Waals surface area (Å²) < 4.78 is 1.84. The van der Waals surface area contributed by atoms with Gasteiger partial charge in [0.1, 0.15) is 5.82 Å². The Morgan fingerprint density at radius 2 is 2.00 bits per heavy atom. The highest BCUT2D eigenvalue weighted by Crippen LogP contribution is 2.37. The van der Waals surface area contributed by atoms with Gasteiger partial charge in [0.25, 0.3) is 0 Å². The largest absolute Gasteiger partial charge is 0.349 e. The van der Waals surface area contributed by atoms with Gasteiger partial charge in [-0.15, -0.1) is 0 Å². The van der Waals surface area contributed by atoms with Crippen molar-refractivity contribution in [2.24, 2.45) is 0 Å². The molecule has 0 atom stereocenters. The van der Waals surface area contributed by atoms with Crippen molar-refractivity contribution in [3.63, 3.8) is 0 Å². The molecule has 0 amide bonds. The zero-order valence-corrected chi connectivity index (χ0v) is 13.4. The number of nitrogens with one attached hydrogen (secondary N) is 1. The normalized spacial score (nSPS) is 16.7. The van der Waals surface area contributed by atoms with Gasteiger partial charge in [0.05, 0.1) is 5.69 Å². The summed E-state index contributed by atoms with van der Waals surface area (Å²) >= 11 is 0. The standard InChI is InChI=1S/C19H21N3O/c1-13-5-4-7-15(11-13)20-18-12-17-16-8-3-2-6-14(16)9-10-22(17)19(23)21-18/h4-5,7,11-12H,2-3,6,8-10H2,1H3,(H,20,21,23). The molecule has 1 aromatic heterocycles. The molecule has 118 valence electrons. The monoisotopic (exact) mass is 307 g/mol.